The van der Waals surface area contributed by atoms with Crippen molar-refractivity contribution in [2.75, 3.05) is 0 Å². The maximum Gasteiger partial charge on any atom is 0.0492 e. The van der Waals surface area contributed by atoms with Crippen molar-refractivity contribution >= 4 is 23.2 Å². The van der Waals surface area contributed by atoms with Gasteiger partial charge in [-0.3, -0.25) is 0 Å². The third-order valence-electron chi connectivity index (χ3n) is 2.30. The fourth-order valence-electron chi connectivity index (χ4n) is 1.53. The Labute approximate surface area is 99.5 Å². The number of benzene rings is 2. The SMILES string of the molecule is Cc1ccccc1-c1cc(Cl)[c]cc1Cl. The van der Waals surface area contributed by atoms with Crippen LogP contribution in [-0.2, 0) is 0 Å². The standard InChI is InChI=1S/C13H9Cl2/c1-9-4-2-3-5-11(9)12-8-10(14)6-7-13(12)15/h2-5,7-8H,1H3. The Morgan fingerprint density at radius 1 is 1.07 bits per heavy atom. The van der Waals surface area contributed by atoms with E-state index in [4.69, 9.17) is 23.2 Å². The Balaban J connectivity index is 2.64. The van der Waals surface area contributed by atoms with Crippen LogP contribution in [0, 0.1) is 13.0 Å². The molecule has 0 aliphatic rings. The first-order valence-electron chi connectivity index (χ1n) is 4.61. The molecule has 0 aromatic heterocycles. The topological polar surface area (TPSA) is 0 Å². The Bertz CT molecular complexity index is 490. The molecule has 75 valence electrons. The maximum atomic E-state index is 6.11. The first-order valence-corrected chi connectivity index (χ1v) is 5.37. The van der Waals surface area contributed by atoms with Gasteiger partial charge in [0.15, 0.2) is 0 Å². The van der Waals surface area contributed by atoms with Gasteiger partial charge in [-0.25, -0.2) is 0 Å². The number of aryl methyl sites for hydroxylation is 1. The van der Waals surface area contributed by atoms with Crippen molar-refractivity contribution in [2.45, 2.75) is 6.92 Å². The molecule has 0 unspecified atom stereocenters. The zero-order valence-corrected chi connectivity index (χ0v) is 9.73. The molecule has 15 heavy (non-hydrogen) atoms. The van der Waals surface area contributed by atoms with Gasteiger partial charge in [-0.1, -0.05) is 47.5 Å². The molecule has 2 heteroatoms. The molecule has 2 aromatic carbocycles. The fraction of sp³-hybridized carbons (Fsp3) is 0.0769. The van der Waals surface area contributed by atoms with Gasteiger partial charge in [-0.15, -0.1) is 0 Å². The molecule has 0 heterocycles. The van der Waals surface area contributed by atoms with Gasteiger partial charge in [-0.05, 0) is 30.2 Å². The van der Waals surface area contributed by atoms with Crippen LogP contribution in [0.1, 0.15) is 5.56 Å². The molecule has 0 nitrogen and oxygen atoms in total. The third-order valence-corrected chi connectivity index (χ3v) is 2.83. The zero-order valence-electron chi connectivity index (χ0n) is 8.22. The number of hydrogen-bond donors (Lipinski definition) is 0. The van der Waals surface area contributed by atoms with Crippen molar-refractivity contribution in [1.82, 2.24) is 0 Å². The molecule has 0 bridgehead atoms. The molecule has 0 N–H and O–H groups in total. The van der Waals surface area contributed by atoms with E-state index in [1.54, 1.807) is 6.07 Å². The van der Waals surface area contributed by atoms with Crippen LogP contribution in [0.2, 0.25) is 10.0 Å². The first-order chi connectivity index (χ1) is 7.18. The van der Waals surface area contributed by atoms with E-state index in [1.165, 1.54) is 5.56 Å². The summed E-state index contributed by atoms with van der Waals surface area (Å²) in [7, 11) is 0. The van der Waals surface area contributed by atoms with E-state index in [9.17, 15) is 0 Å². The second kappa shape index (κ2) is 4.26. The lowest BCUT2D eigenvalue weighted by molar-refractivity contribution is 1.46. The van der Waals surface area contributed by atoms with Crippen LogP contribution in [0.4, 0.5) is 0 Å². The van der Waals surface area contributed by atoms with Gasteiger partial charge >= 0.3 is 0 Å². The van der Waals surface area contributed by atoms with E-state index < -0.39 is 0 Å². The molecule has 2 aromatic rings. The van der Waals surface area contributed by atoms with Crippen molar-refractivity contribution in [3.05, 3.63) is 58.1 Å². The lowest BCUT2D eigenvalue weighted by Gasteiger charge is -2.07. The number of rotatable bonds is 1. The zero-order chi connectivity index (χ0) is 10.8. The molecule has 0 spiro atoms. The molecule has 0 aliphatic carbocycles. The number of halogens is 2. The Hall–Kier alpha value is -0.980. The third kappa shape index (κ3) is 2.17. The second-order valence-corrected chi connectivity index (χ2v) is 4.17. The van der Waals surface area contributed by atoms with Crippen molar-refractivity contribution in [3.63, 3.8) is 0 Å². The Morgan fingerprint density at radius 3 is 2.53 bits per heavy atom. The summed E-state index contributed by atoms with van der Waals surface area (Å²) in [6, 6.07) is 14.5. The molecule has 0 fully saturated rings. The highest BCUT2D eigenvalue weighted by atomic mass is 35.5. The van der Waals surface area contributed by atoms with E-state index >= 15 is 0 Å². The molecular weight excluding hydrogens is 227 g/mol. The smallest absolute Gasteiger partial charge is 0.0492 e. The van der Waals surface area contributed by atoms with Crippen LogP contribution in [0.15, 0.2) is 36.4 Å². The van der Waals surface area contributed by atoms with Crippen LogP contribution in [0.3, 0.4) is 0 Å². The molecule has 2 rings (SSSR count). The number of hydrogen-bond acceptors (Lipinski definition) is 0. The highest BCUT2D eigenvalue weighted by molar-refractivity contribution is 6.35. The van der Waals surface area contributed by atoms with Crippen LogP contribution in [-0.4, -0.2) is 0 Å². The van der Waals surface area contributed by atoms with Gasteiger partial charge in [0.1, 0.15) is 0 Å². The highest BCUT2D eigenvalue weighted by Crippen LogP contribution is 2.31. The monoisotopic (exact) mass is 235 g/mol. The van der Waals surface area contributed by atoms with Gasteiger partial charge < -0.3 is 0 Å². The summed E-state index contributed by atoms with van der Waals surface area (Å²) in [5.74, 6) is 0. The summed E-state index contributed by atoms with van der Waals surface area (Å²) in [6.07, 6.45) is 0. The molecule has 1 radical (unpaired) electrons. The second-order valence-electron chi connectivity index (χ2n) is 3.36. The van der Waals surface area contributed by atoms with Crippen molar-refractivity contribution in [3.8, 4) is 11.1 Å². The Kier molecular flexibility index (Phi) is 2.99. The van der Waals surface area contributed by atoms with Crippen LogP contribution in [0.5, 0.6) is 0 Å². The van der Waals surface area contributed by atoms with E-state index in [-0.39, 0.29) is 0 Å². The average Bonchev–Trinajstić information content (AvgIpc) is 2.23. The van der Waals surface area contributed by atoms with E-state index in [0.717, 1.165) is 11.1 Å². The normalized spacial score (nSPS) is 10.3. The van der Waals surface area contributed by atoms with Crippen molar-refractivity contribution in [1.29, 1.82) is 0 Å². The van der Waals surface area contributed by atoms with Gasteiger partial charge in [0.05, 0.1) is 0 Å². The lowest BCUT2D eigenvalue weighted by atomic mass is 10.0. The van der Waals surface area contributed by atoms with Crippen LogP contribution in [0.25, 0.3) is 11.1 Å². The van der Waals surface area contributed by atoms with Gasteiger partial charge in [0.2, 0.25) is 0 Å². The maximum absolute atomic E-state index is 6.11. The predicted octanol–water partition coefficient (Wildman–Crippen LogP) is 4.77. The molecule has 0 saturated carbocycles. The average molecular weight is 236 g/mol. The summed E-state index contributed by atoms with van der Waals surface area (Å²) >= 11 is 12.0. The fourth-order valence-corrected chi connectivity index (χ4v) is 1.90. The van der Waals surface area contributed by atoms with Gasteiger partial charge in [0.25, 0.3) is 0 Å². The lowest BCUT2D eigenvalue weighted by Crippen LogP contribution is -1.84. The summed E-state index contributed by atoms with van der Waals surface area (Å²) in [5, 5.41) is 1.26. The van der Waals surface area contributed by atoms with E-state index in [2.05, 4.69) is 19.1 Å². The minimum Gasteiger partial charge on any atom is -0.0836 e. The summed E-state index contributed by atoms with van der Waals surface area (Å²) < 4.78 is 0. The van der Waals surface area contributed by atoms with Crippen molar-refractivity contribution < 1.29 is 0 Å². The van der Waals surface area contributed by atoms with Crippen molar-refractivity contribution in [2.24, 2.45) is 0 Å². The minimum absolute atomic E-state index is 0.581. The quantitative estimate of drug-likeness (QED) is 0.669. The minimum atomic E-state index is 0.581. The van der Waals surface area contributed by atoms with E-state index in [0.29, 0.717) is 10.0 Å². The molecule has 0 saturated heterocycles. The van der Waals surface area contributed by atoms with Gasteiger partial charge in [0, 0.05) is 21.7 Å². The summed E-state index contributed by atoms with van der Waals surface area (Å²) in [4.78, 5) is 0. The van der Waals surface area contributed by atoms with Gasteiger partial charge in [-0.2, -0.15) is 0 Å². The molecule has 0 atom stereocenters. The van der Waals surface area contributed by atoms with E-state index in [1.807, 2.05) is 24.3 Å². The predicted molar refractivity (Wildman–Crippen MR) is 65.5 cm³/mol. The molecular formula is C13H9Cl2. The molecule has 0 amide bonds. The summed E-state index contributed by atoms with van der Waals surface area (Å²) in [5.41, 5.74) is 3.25. The van der Waals surface area contributed by atoms with Crippen LogP contribution < -0.4 is 0 Å². The molecule has 0 aliphatic heterocycles. The largest absolute Gasteiger partial charge is 0.0836 e. The first kappa shape index (κ1) is 10.5. The highest BCUT2D eigenvalue weighted by Gasteiger charge is 2.06. The summed E-state index contributed by atoms with van der Waals surface area (Å²) in [6.45, 7) is 2.05. The Morgan fingerprint density at radius 2 is 1.80 bits per heavy atom. The van der Waals surface area contributed by atoms with Crippen LogP contribution >= 0.6 is 23.2 Å².